The Bertz CT molecular complexity index is 735. The molecule has 0 aliphatic carbocycles. The van der Waals surface area contributed by atoms with Crippen LogP contribution in [-0.2, 0) is 12.8 Å². The van der Waals surface area contributed by atoms with Gasteiger partial charge in [-0.15, -0.1) is 0 Å². The molecule has 0 saturated heterocycles. The fourth-order valence-corrected chi connectivity index (χ4v) is 2.15. The number of halogens is 1. The summed E-state index contributed by atoms with van der Waals surface area (Å²) in [4.78, 5) is 12.2. The molecular formula is C27H45ClN4. The third kappa shape index (κ3) is 17.2. The van der Waals surface area contributed by atoms with E-state index in [1.165, 1.54) is 5.56 Å². The predicted octanol–water partition coefficient (Wildman–Crippen LogP) is 9.18. The van der Waals surface area contributed by atoms with E-state index in [1.807, 2.05) is 98.7 Å². The van der Waals surface area contributed by atoms with E-state index in [0.717, 1.165) is 18.5 Å². The standard InChI is InChI=1S/C11H11ClN4.C8H10.4C2H6/c1-2-9-14-10(12)16-11(15-9)13-8-6-4-3-5-7-8;1-2-8-6-4-3-5-7-8;4*1-2/h3-7H,2H2,1H3,(H,13,14,15,16);3-7H,2H2,1H3;4*1-2H3. The third-order valence-corrected chi connectivity index (χ3v) is 3.42. The number of benzene rings is 2. The molecular weight excluding hydrogens is 416 g/mol. The third-order valence-electron chi connectivity index (χ3n) is 3.25. The SMILES string of the molecule is CC.CC.CC.CC.CCc1ccccc1.CCc1nc(Cl)nc(Nc2ccccc2)n1. The van der Waals surface area contributed by atoms with E-state index in [1.54, 1.807) is 0 Å². The van der Waals surface area contributed by atoms with Crippen molar-refractivity contribution >= 4 is 23.2 Å². The number of nitrogens with one attached hydrogen (secondary N) is 1. The summed E-state index contributed by atoms with van der Waals surface area (Å²) in [6, 6.07) is 20.1. The average molecular weight is 461 g/mol. The van der Waals surface area contributed by atoms with Gasteiger partial charge in [-0.1, -0.05) is 118 Å². The van der Waals surface area contributed by atoms with E-state index >= 15 is 0 Å². The molecule has 0 radical (unpaired) electrons. The monoisotopic (exact) mass is 460 g/mol. The van der Waals surface area contributed by atoms with Gasteiger partial charge >= 0.3 is 0 Å². The molecule has 0 amide bonds. The number of rotatable bonds is 4. The largest absolute Gasteiger partial charge is 0.324 e. The fourth-order valence-electron chi connectivity index (χ4n) is 1.97. The molecule has 0 aliphatic heterocycles. The molecule has 0 saturated carbocycles. The molecule has 4 nitrogen and oxygen atoms in total. The second-order valence-corrected chi connectivity index (χ2v) is 5.37. The molecule has 0 atom stereocenters. The second kappa shape index (κ2) is 26.6. The lowest BCUT2D eigenvalue weighted by molar-refractivity contribution is 0.904. The van der Waals surface area contributed by atoms with E-state index in [2.05, 4.69) is 51.5 Å². The first-order valence-electron chi connectivity index (χ1n) is 12.0. The van der Waals surface area contributed by atoms with Gasteiger partial charge in [0.2, 0.25) is 11.2 Å². The van der Waals surface area contributed by atoms with Crippen molar-refractivity contribution in [1.29, 1.82) is 0 Å². The molecule has 0 aliphatic rings. The number of anilines is 2. The van der Waals surface area contributed by atoms with Crippen LogP contribution in [-0.4, -0.2) is 15.0 Å². The highest BCUT2D eigenvalue weighted by atomic mass is 35.5. The number of para-hydroxylation sites is 1. The van der Waals surface area contributed by atoms with Crippen LogP contribution in [0.4, 0.5) is 11.6 Å². The van der Waals surface area contributed by atoms with Crippen molar-refractivity contribution in [3.05, 3.63) is 77.3 Å². The van der Waals surface area contributed by atoms with Crippen molar-refractivity contribution in [3.8, 4) is 0 Å². The number of hydrogen-bond acceptors (Lipinski definition) is 4. The zero-order valence-electron chi connectivity index (χ0n) is 21.9. The summed E-state index contributed by atoms with van der Waals surface area (Å²) in [7, 11) is 0. The average Bonchev–Trinajstić information content (AvgIpc) is 2.90. The lowest BCUT2D eigenvalue weighted by Crippen LogP contribution is -2.02. The van der Waals surface area contributed by atoms with Gasteiger partial charge in [-0.25, -0.2) is 4.98 Å². The number of aromatic nitrogens is 3. The van der Waals surface area contributed by atoms with Gasteiger partial charge in [0, 0.05) is 12.1 Å². The van der Waals surface area contributed by atoms with E-state index in [0.29, 0.717) is 11.8 Å². The van der Waals surface area contributed by atoms with Crippen LogP contribution in [0, 0.1) is 0 Å². The van der Waals surface area contributed by atoms with Crippen molar-refractivity contribution in [2.45, 2.75) is 82.1 Å². The topological polar surface area (TPSA) is 50.7 Å². The first-order valence-corrected chi connectivity index (χ1v) is 12.4. The summed E-state index contributed by atoms with van der Waals surface area (Å²) in [5.74, 6) is 1.15. The summed E-state index contributed by atoms with van der Waals surface area (Å²) in [5.41, 5.74) is 2.33. The Hall–Kier alpha value is -2.46. The Morgan fingerprint density at radius 1 is 0.625 bits per heavy atom. The van der Waals surface area contributed by atoms with Crippen LogP contribution in [0.1, 0.15) is 80.6 Å². The normalized spacial score (nSPS) is 8.09. The Labute approximate surface area is 202 Å². The van der Waals surface area contributed by atoms with Crippen LogP contribution >= 0.6 is 11.6 Å². The maximum Gasteiger partial charge on any atom is 0.231 e. The molecule has 2 aromatic carbocycles. The molecule has 1 aromatic heterocycles. The molecule has 0 spiro atoms. The maximum absolute atomic E-state index is 5.79. The van der Waals surface area contributed by atoms with Gasteiger partial charge in [-0.05, 0) is 35.7 Å². The Balaban J connectivity index is -0.000000443. The summed E-state index contributed by atoms with van der Waals surface area (Å²) in [5, 5.41) is 3.29. The highest BCUT2D eigenvalue weighted by Crippen LogP contribution is 2.13. The van der Waals surface area contributed by atoms with Crippen LogP contribution in [0.25, 0.3) is 0 Å². The van der Waals surface area contributed by atoms with Crippen molar-refractivity contribution in [2.24, 2.45) is 0 Å². The Morgan fingerprint density at radius 3 is 1.50 bits per heavy atom. The van der Waals surface area contributed by atoms with Crippen LogP contribution in [0.5, 0.6) is 0 Å². The molecule has 3 aromatic rings. The summed E-state index contributed by atoms with van der Waals surface area (Å²) in [6.07, 6.45) is 1.87. The highest BCUT2D eigenvalue weighted by Gasteiger charge is 2.03. The second-order valence-electron chi connectivity index (χ2n) is 5.03. The van der Waals surface area contributed by atoms with E-state index in [9.17, 15) is 0 Å². The minimum Gasteiger partial charge on any atom is -0.324 e. The van der Waals surface area contributed by atoms with Crippen LogP contribution in [0.15, 0.2) is 60.7 Å². The Kier molecular flexibility index (Phi) is 28.4. The molecule has 0 unspecified atom stereocenters. The van der Waals surface area contributed by atoms with Crippen LogP contribution in [0.2, 0.25) is 5.28 Å². The minimum absolute atomic E-state index is 0.213. The first kappa shape index (κ1) is 34.2. The zero-order valence-corrected chi connectivity index (χ0v) is 22.7. The number of aryl methyl sites for hydroxylation is 2. The lowest BCUT2D eigenvalue weighted by atomic mass is 10.2. The molecule has 0 bridgehead atoms. The molecule has 3 rings (SSSR count). The summed E-state index contributed by atoms with van der Waals surface area (Å²) < 4.78 is 0. The number of hydrogen-bond donors (Lipinski definition) is 1. The van der Waals surface area contributed by atoms with Crippen molar-refractivity contribution in [1.82, 2.24) is 15.0 Å². The Morgan fingerprint density at radius 2 is 1.09 bits per heavy atom. The molecule has 1 heterocycles. The minimum atomic E-state index is 0.213. The zero-order chi connectivity index (χ0) is 25.2. The van der Waals surface area contributed by atoms with Crippen LogP contribution in [0.3, 0.4) is 0 Å². The molecule has 0 fully saturated rings. The quantitative estimate of drug-likeness (QED) is 0.421. The van der Waals surface area contributed by atoms with Crippen molar-refractivity contribution in [3.63, 3.8) is 0 Å². The molecule has 32 heavy (non-hydrogen) atoms. The maximum atomic E-state index is 5.79. The molecule has 5 heteroatoms. The number of nitrogens with zero attached hydrogens (tertiary/aromatic N) is 3. The van der Waals surface area contributed by atoms with Gasteiger partial charge < -0.3 is 5.32 Å². The van der Waals surface area contributed by atoms with E-state index in [-0.39, 0.29) is 5.28 Å². The molecule has 1 N–H and O–H groups in total. The van der Waals surface area contributed by atoms with Gasteiger partial charge in [0.15, 0.2) is 0 Å². The smallest absolute Gasteiger partial charge is 0.231 e. The van der Waals surface area contributed by atoms with Crippen LogP contribution < -0.4 is 5.32 Å². The van der Waals surface area contributed by atoms with Gasteiger partial charge in [-0.3, -0.25) is 0 Å². The highest BCUT2D eigenvalue weighted by molar-refractivity contribution is 6.28. The van der Waals surface area contributed by atoms with Gasteiger partial charge in [0.25, 0.3) is 0 Å². The van der Waals surface area contributed by atoms with E-state index in [4.69, 9.17) is 11.6 Å². The lowest BCUT2D eigenvalue weighted by Gasteiger charge is -2.05. The first-order chi connectivity index (χ1) is 15.7. The fraction of sp³-hybridized carbons (Fsp3) is 0.444. The predicted molar refractivity (Wildman–Crippen MR) is 145 cm³/mol. The van der Waals surface area contributed by atoms with Crippen molar-refractivity contribution in [2.75, 3.05) is 5.32 Å². The molecule has 180 valence electrons. The van der Waals surface area contributed by atoms with E-state index < -0.39 is 0 Å². The van der Waals surface area contributed by atoms with Gasteiger partial charge in [-0.2, -0.15) is 9.97 Å². The summed E-state index contributed by atoms with van der Waals surface area (Å²) in [6.45, 7) is 20.1. The van der Waals surface area contributed by atoms with Crippen molar-refractivity contribution < 1.29 is 0 Å². The van der Waals surface area contributed by atoms with Gasteiger partial charge in [0.05, 0.1) is 0 Å². The van der Waals surface area contributed by atoms with Gasteiger partial charge in [0.1, 0.15) is 5.82 Å². The summed E-state index contributed by atoms with van der Waals surface area (Å²) >= 11 is 5.79.